The smallest absolute Gasteiger partial charge is 0.418 e. The Morgan fingerprint density at radius 3 is 2.25 bits per heavy atom. The third kappa shape index (κ3) is 3.88. The van der Waals surface area contributed by atoms with Crippen LogP contribution in [0.1, 0.15) is 0 Å². The van der Waals surface area contributed by atoms with Crippen LogP contribution >= 0.6 is 0 Å². The fraction of sp³-hybridized carbons (Fsp3) is 0. The maximum absolute atomic E-state index is 9.75. The Morgan fingerprint density at radius 2 is 1.50 bits per heavy atom. The van der Waals surface area contributed by atoms with Gasteiger partial charge in [-0.25, -0.2) is 0 Å². The van der Waals surface area contributed by atoms with Crippen LogP contribution in [0, 0.1) is 0 Å². The number of hydrogen-bond acceptors (Lipinski definition) is 1. The van der Waals surface area contributed by atoms with Gasteiger partial charge in [0, 0.05) is 24.3 Å². The van der Waals surface area contributed by atoms with Gasteiger partial charge in [0.05, 0.1) is 5.56 Å². The molecule has 0 saturated carbocycles. The van der Waals surface area contributed by atoms with Crippen LogP contribution in [-0.2, 0) is 0 Å². The number of aromatic nitrogens is 1. The molecule has 0 fully saturated rings. The van der Waals surface area contributed by atoms with E-state index in [1.165, 1.54) is 10.9 Å². The van der Waals surface area contributed by atoms with E-state index in [9.17, 15) is 17.3 Å². The molecule has 1 aromatic rings. The highest BCUT2D eigenvalue weighted by Gasteiger charge is 2.20. The van der Waals surface area contributed by atoms with Gasteiger partial charge in [-0.15, -0.1) is 0 Å². The second-order valence-electron chi connectivity index (χ2n) is 4.03. The summed E-state index contributed by atoms with van der Waals surface area (Å²) in [6.45, 7) is 0. The lowest BCUT2D eigenvalue weighted by Gasteiger charge is -1.94. The second kappa shape index (κ2) is 5.82. The molecule has 0 unspecified atom stereocenters. The van der Waals surface area contributed by atoms with Gasteiger partial charge in [-0.2, -0.15) is 4.98 Å². The van der Waals surface area contributed by atoms with Gasteiger partial charge in [0.2, 0.25) is 0 Å². The number of nitrogens with zero attached hydrogens (tertiary/aromatic N) is 1. The molecule has 0 aromatic heterocycles. The SMILES string of the molecule is F[B-](F)(F)F.c1ccc2nc3cccc[cH+]c3c-2cc1. The van der Waals surface area contributed by atoms with Crippen molar-refractivity contribution in [2.24, 2.45) is 0 Å². The van der Waals surface area contributed by atoms with Crippen molar-refractivity contribution in [1.29, 1.82) is 0 Å². The van der Waals surface area contributed by atoms with Crippen LogP contribution in [-0.4, -0.2) is 12.2 Å². The molecule has 1 aromatic carbocycles. The van der Waals surface area contributed by atoms with Crippen molar-refractivity contribution in [2.75, 3.05) is 0 Å². The second-order valence-corrected chi connectivity index (χ2v) is 4.03. The molecule has 0 bridgehead atoms. The van der Waals surface area contributed by atoms with E-state index in [2.05, 4.69) is 41.4 Å². The molecule has 1 nitrogen and oxygen atoms in total. The van der Waals surface area contributed by atoms with Crippen molar-refractivity contribution in [1.82, 2.24) is 4.98 Å². The Bertz CT molecular complexity index is 684. The first-order valence-electron chi connectivity index (χ1n) is 5.89. The minimum absolute atomic E-state index is 1.06. The number of fused-ring (bicyclic) bond motifs is 3. The standard InChI is InChI=1S/C14H10N.BF4/c1-3-7-11-12-8-4-2-6-10-14(12)15-13(11)9-5-1;2-1(3,4)5/h1-10H;/q+1;-1. The Balaban J connectivity index is 0.000000257. The third-order valence-electron chi connectivity index (χ3n) is 2.56. The van der Waals surface area contributed by atoms with Crippen LogP contribution in [0.2, 0.25) is 0 Å². The maximum atomic E-state index is 9.75. The normalized spacial score (nSPS) is 11.0. The van der Waals surface area contributed by atoms with E-state index in [4.69, 9.17) is 0 Å². The van der Waals surface area contributed by atoms with Gasteiger partial charge >= 0.3 is 7.25 Å². The largest absolute Gasteiger partial charge is 0.673 e. The lowest BCUT2D eigenvalue weighted by Crippen LogP contribution is -2.02. The summed E-state index contributed by atoms with van der Waals surface area (Å²) in [6.07, 6.45) is 0. The molecule has 102 valence electrons. The topological polar surface area (TPSA) is 12.9 Å². The monoisotopic (exact) mass is 279 g/mol. The Kier molecular flexibility index (Phi) is 4.12. The third-order valence-corrected chi connectivity index (χ3v) is 2.56. The molecule has 20 heavy (non-hydrogen) atoms. The molecular weight excluding hydrogens is 269 g/mol. The van der Waals surface area contributed by atoms with E-state index < -0.39 is 7.25 Å². The molecule has 0 radical (unpaired) electrons. The van der Waals surface area contributed by atoms with Crippen molar-refractivity contribution in [3.8, 4) is 11.3 Å². The Hall–Kier alpha value is -2.24. The Labute approximate surface area is 113 Å². The van der Waals surface area contributed by atoms with Crippen molar-refractivity contribution in [3.05, 3.63) is 60.7 Å². The predicted molar refractivity (Wildman–Crippen MR) is 73.0 cm³/mol. The lowest BCUT2D eigenvalue weighted by atomic mass is 10.1. The summed E-state index contributed by atoms with van der Waals surface area (Å²) in [5.74, 6) is 0. The van der Waals surface area contributed by atoms with E-state index >= 15 is 0 Å². The van der Waals surface area contributed by atoms with Crippen LogP contribution in [0.15, 0.2) is 60.7 Å². The van der Waals surface area contributed by atoms with Gasteiger partial charge in [0.25, 0.3) is 0 Å². The van der Waals surface area contributed by atoms with Crippen LogP contribution in [0.25, 0.3) is 22.2 Å². The average Bonchev–Trinajstić information content (AvgIpc) is 2.56. The molecule has 1 aliphatic carbocycles. The zero-order chi connectivity index (χ0) is 14.6. The molecular formula is C14H10BF4N. The van der Waals surface area contributed by atoms with E-state index in [1.807, 2.05) is 24.3 Å². The summed E-state index contributed by atoms with van der Waals surface area (Å²) in [5, 5.41) is 1.21. The predicted octanol–water partition coefficient (Wildman–Crippen LogP) is 4.92. The van der Waals surface area contributed by atoms with E-state index in [-0.39, 0.29) is 0 Å². The van der Waals surface area contributed by atoms with Crippen molar-refractivity contribution >= 4 is 18.2 Å². The fourth-order valence-corrected chi connectivity index (χ4v) is 1.86. The summed E-state index contributed by atoms with van der Waals surface area (Å²) < 4.78 is 39.0. The molecule has 0 N–H and O–H groups in total. The first-order valence-corrected chi connectivity index (χ1v) is 5.89. The average molecular weight is 279 g/mol. The van der Waals surface area contributed by atoms with E-state index in [0.29, 0.717) is 0 Å². The minimum Gasteiger partial charge on any atom is -0.418 e. The van der Waals surface area contributed by atoms with Gasteiger partial charge in [0.15, 0.2) is 5.52 Å². The summed E-state index contributed by atoms with van der Waals surface area (Å²) in [7, 11) is -6.00. The molecule has 2 aliphatic rings. The van der Waals surface area contributed by atoms with Crippen molar-refractivity contribution in [2.45, 2.75) is 0 Å². The van der Waals surface area contributed by atoms with Crippen LogP contribution < -0.4 is 0 Å². The van der Waals surface area contributed by atoms with Gasteiger partial charge in [-0.3, -0.25) is 0 Å². The number of halogens is 4. The zero-order valence-electron chi connectivity index (χ0n) is 10.3. The molecule has 3 rings (SSSR count). The van der Waals surface area contributed by atoms with Crippen LogP contribution in [0.4, 0.5) is 17.3 Å². The maximum Gasteiger partial charge on any atom is 0.673 e. The number of rotatable bonds is 0. The van der Waals surface area contributed by atoms with E-state index in [1.54, 1.807) is 0 Å². The highest BCUT2D eigenvalue weighted by molar-refractivity contribution is 6.50. The Morgan fingerprint density at radius 1 is 0.850 bits per heavy atom. The summed E-state index contributed by atoms with van der Waals surface area (Å²) >= 11 is 0. The summed E-state index contributed by atoms with van der Waals surface area (Å²) in [6, 6.07) is 20.5. The first kappa shape index (κ1) is 14.2. The quantitative estimate of drug-likeness (QED) is 0.323. The highest BCUT2D eigenvalue weighted by atomic mass is 19.5. The minimum atomic E-state index is -6.00. The van der Waals surface area contributed by atoms with Crippen LogP contribution in [0.3, 0.4) is 0 Å². The molecule has 6 heteroatoms. The van der Waals surface area contributed by atoms with Crippen molar-refractivity contribution in [3.63, 3.8) is 0 Å². The molecule has 0 amide bonds. The first-order chi connectivity index (χ1) is 9.45. The van der Waals surface area contributed by atoms with Gasteiger partial charge in [-0.05, 0) is 18.2 Å². The number of hydrogen-bond donors (Lipinski definition) is 0. The summed E-state index contributed by atoms with van der Waals surface area (Å²) in [4.78, 5) is 4.60. The van der Waals surface area contributed by atoms with Gasteiger partial charge in [0.1, 0.15) is 11.1 Å². The zero-order valence-corrected chi connectivity index (χ0v) is 10.3. The summed E-state index contributed by atoms with van der Waals surface area (Å²) in [5.41, 5.74) is 3.33. The molecule has 0 saturated heterocycles. The molecule has 1 aliphatic heterocycles. The van der Waals surface area contributed by atoms with Crippen LogP contribution in [0.5, 0.6) is 0 Å². The highest BCUT2D eigenvalue weighted by Crippen LogP contribution is 2.28. The fourth-order valence-electron chi connectivity index (χ4n) is 1.86. The lowest BCUT2D eigenvalue weighted by molar-refractivity contribution is 0.368. The molecule has 1 heterocycles. The van der Waals surface area contributed by atoms with Crippen molar-refractivity contribution < 1.29 is 17.3 Å². The van der Waals surface area contributed by atoms with E-state index in [0.717, 1.165) is 11.2 Å². The molecule has 0 atom stereocenters. The molecule has 0 spiro atoms. The van der Waals surface area contributed by atoms with Gasteiger partial charge < -0.3 is 17.3 Å². The van der Waals surface area contributed by atoms with Gasteiger partial charge in [-0.1, -0.05) is 18.2 Å².